The van der Waals surface area contributed by atoms with E-state index in [1.165, 1.54) is 26.7 Å². The van der Waals surface area contributed by atoms with Crippen molar-refractivity contribution in [3.05, 3.63) is 340 Å². The Morgan fingerprint density at radius 3 is 1.31 bits per heavy atom. The highest BCUT2D eigenvalue weighted by molar-refractivity contribution is 8.00. The Balaban J connectivity index is 0.924. The molecule has 0 bridgehead atoms. The van der Waals surface area contributed by atoms with E-state index in [2.05, 4.69) is 364 Å². The zero-order valence-corrected chi connectivity index (χ0v) is 52.3. The lowest BCUT2D eigenvalue weighted by molar-refractivity contribution is 0.488. The van der Waals surface area contributed by atoms with Gasteiger partial charge in [-0.1, -0.05) is 223 Å². The zero-order chi connectivity index (χ0) is 62.5. The van der Waals surface area contributed by atoms with Crippen molar-refractivity contribution in [1.82, 2.24) is 9.55 Å². The minimum absolute atomic E-state index is 0.189. The third-order valence-corrected chi connectivity index (χ3v) is 20.4. The van der Waals surface area contributed by atoms with Crippen molar-refractivity contribution in [2.24, 2.45) is 0 Å². The molecule has 0 N–H and O–H groups in total. The first kappa shape index (κ1) is 54.7. The largest absolute Gasteiger partial charge is 0.458 e. The predicted octanol–water partition coefficient (Wildman–Crippen LogP) is 18.5. The van der Waals surface area contributed by atoms with Crippen LogP contribution in [-0.2, 0) is 0 Å². The summed E-state index contributed by atoms with van der Waals surface area (Å²) in [5.41, 5.74) is 26.1. The molecule has 14 aromatic carbocycles. The van der Waals surface area contributed by atoms with Crippen LogP contribution < -0.4 is 57.1 Å². The van der Waals surface area contributed by atoms with Crippen LogP contribution in [0.2, 0.25) is 0 Å². The van der Waals surface area contributed by atoms with E-state index in [9.17, 15) is 0 Å². The van der Waals surface area contributed by atoms with Gasteiger partial charge in [0.15, 0.2) is 0 Å². The lowest BCUT2D eigenvalue weighted by atomic mass is 9.31. The van der Waals surface area contributed by atoms with Crippen molar-refractivity contribution in [2.45, 2.75) is 9.79 Å². The number of fused-ring (bicyclic) bond motifs is 9. The first-order valence-electron chi connectivity index (χ1n) is 32.4. The molecule has 0 unspecified atom stereocenters. The number of aromatic nitrogens is 2. The third kappa shape index (κ3) is 8.90. The minimum atomic E-state index is -0.246. The standard InChI is InChI=1S/C85H56B2N6OS/c1-9-29-57(30-10-1)85-88-72-51-58(49-50-75(72)93(85)65-43-23-8-24-44-65)80-83-70(86-68-45-25-27-47-73(68)91(63-39-19-6-20-40-63)76-52-66(54-78(94-83)81(76)86)89(59-31-11-2-12-32-59)60-33-13-3-14-34-60)56-71-84(80)95-79-55-67(90(61-35-15-4-16-36-61)62-37-17-5-18-38-62)53-77-82(79)87(71)69-46-26-28-48-74(69)92(77)64-41-21-7-22-42-64/h1-56H. The lowest BCUT2D eigenvalue weighted by Crippen LogP contribution is -2.63. The SMILES string of the molecule is c1ccc(-c2nc3cc(-c4c5c(cc6c4Sc4cc(N(c7ccccc7)c7ccccc7)cc7c4B6c4ccccc4N7c4ccccc4)B4c6ccccc6N(c6ccccc6)c6cc(N(c7ccccc7)c7ccccc7)cc(c64)O5)ccc3n2-c2ccccc2)cc1. The fourth-order valence-corrected chi connectivity index (χ4v) is 16.6. The van der Waals surface area contributed by atoms with Gasteiger partial charge in [0.05, 0.1) is 16.7 Å². The lowest BCUT2D eigenvalue weighted by Gasteiger charge is -2.44. The summed E-state index contributed by atoms with van der Waals surface area (Å²) in [5.74, 6) is 2.51. The molecule has 0 saturated heterocycles. The molecule has 0 aliphatic carbocycles. The summed E-state index contributed by atoms with van der Waals surface area (Å²) in [6.45, 7) is -0.435. The second kappa shape index (κ2) is 22.4. The highest BCUT2D eigenvalue weighted by atomic mass is 32.2. The Morgan fingerprint density at radius 1 is 0.337 bits per heavy atom. The Labute approximate surface area is 556 Å². The molecule has 10 heteroatoms. The van der Waals surface area contributed by atoms with Gasteiger partial charge in [-0.3, -0.25) is 4.57 Å². The molecule has 0 atom stereocenters. The van der Waals surface area contributed by atoms with E-state index in [1.807, 2.05) is 11.8 Å². The number of nitrogens with zero attached hydrogens (tertiary/aromatic N) is 6. The fourth-order valence-electron chi connectivity index (χ4n) is 15.2. The molecule has 19 rings (SSSR count). The monoisotopic (exact) mass is 1230 g/mol. The van der Waals surface area contributed by atoms with Crippen molar-refractivity contribution in [3.63, 3.8) is 0 Å². The molecule has 4 aliphatic rings. The maximum absolute atomic E-state index is 8.13. The first-order valence-corrected chi connectivity index (χ1v) is 33.2. The average molecular weight is 1230 g/mol. The molecule has 0 fully saturated rings. The number of ether oxygens (including phenoxy) is 1. The van der Waals surface area contributed by atoms with Gasteiger partial charge in [-0.15, -0.1) is 0 Å². The molecule has 1 aromatic heterocycles. The quantitative estimate of drug-likeness (QED) is 0.120. The summed E-state index contributed by atoms with van der Waals surface area (Å²) in [5, 5.41) is 0. The number of hydrogen-bond donors (Lipinski definition) is 0. The van der Waals surface area contributed by atoms with E-state index in [4.69, 9.17) is 9.72 Å². The van der Waals surface area contributed by atoms with Crippen LogP contribution in [0, 0.1) is 0 Å². The Kier molecular flexibility index (Phi) is 12.9. The van der Waals surface area contributed by atoms with Crippen molar-refractivity contribution < 1.29 is 4.74 Å². The summed E-state index contributed by atoms with van der Waals surface area (Å²) in [4.78, 5) is 17.7. The molecule has 0 spiro atoms. The van der Waals surface area contributed by atoms with Crippen LogP contribution in [0.15, 0.2) is 350 Å². The second-order valence-electron chi connectivity index (χ2n) is 24.6. The smallest absolute Gasteiger partial charge is 0.256 e. The highest BCUT2D eigenvalue weighted by Gasteiger charge is 2.48. The van der Waals surface area contributed by atoms with E-state index in [-0.39, 0.29) is 13.4 Å². The van der Waals surface area contributed by atoms with Crippen LogP contribution in [0.3, 0.4) is 0 Å². The zero-order valence-electron chi connectivity index (χ0n) is 51.5. The van der Waals surface area contributed by atoms with Crippen LogP contribution in [-0.4, -0.2) is 23.0 Å². The van der Waals surface area contributed by atoms with E-state index < -0.39 is 0 Å². The van der Waals surface area contributed by atoms with Crippen molar-refractivity contribution >= 4 is 137 Å². The highest BCUT2D eigenvalue weighted by Crippen LogP contribution is 2.53. The third-order valence-electron chi connectivity index (χ3n) is 19.2. The number of hydrogen-bond acceptors (Lipinski definition) is 7. The van der Waals surface area contributed by atoms with Crippen LogP contribution in [0.5, 0.6) is 11.5 Å². The van der Waals surface area contributed by atoms with Gasteiger partial charge in [0.25, 0.3) is 6.71 Å². The number of anilines is 12. The molecule has 4 aliphatic heterocycles. The number of benzene rings is 14. The molecule has 444 valence electrons. The van der Waals surface area contributed by atoms with Gasteiger partial charge in [-0.2, -0.15) is 0 Å². The van der Waals surface area contributed by atoms with E-state index in [1.54, 1.807) is 0 Å². The summed E-state index contributed by atoms with van der Waals surface area (Å²) >= 11 is 1.86. The van der Waals surface area contributed by atoms with Crippen LogP contribution in [0.25, 0.3) is 39.2 Å². The van der Waals surface area contributed by atoms with Gasteiger partial charge in [-0.05, 0) is 160 Å². The molecule has 95 heavy (non-hydrogen) atoms. The van der Waals surface area contributed by atoms with Gasteiger partial charge < -0.3 is 24.3 Å². The number of para-hydroxylation sites is 9. The average Bonchev–Trinajstić information content (AvgIpc) is 0.970. The Hall–Kier alpha value is -12.0. The van der Waals surface area contributed by atoms with E-state index in [0.717, 1.165) is 135 Å². The van der Waals surface area contributed by atoms with Gasteiger partial charge in [-0.25, -0.2) is 4.98 Å². The van der Waals surface area contributed by atoms with E-state index >= 15 is 0 Å². The molecular weight excluding hydrogens is 1170 g/mol. The second-order valence-corrected chi connectivity index (χ2v) is 25.6. The van der Waals surface area contributed by atoms with Gasteiger partial charge >= 0.3 is 0 Å². The summed E-state index contributed by atoms with van der Waals surface area (Å²) < 4.78 is 10.4. The van der Waals surface area contributed by atoms with Gasteiger partial charge in [0.2, 0.25) is 6.71 Å². The fraction of sp³-hybridized carbons (Fsp3) is 0. The van der Waals surface area contributed by atoms with Gasteiger partial charge in [0, 0.05) is 95.2 Å². The number of rotatable bonds is 11. The maximum atomic E-state index is 8.13. The molecular formula is C85H56B2N6OS. The molecule has 5 heterocycles. The summed E-state index contributed by atoms with van der Waals surface area (Å²) in [6.07, 6.45) is 0. The normalized spacial score (nSPS) is 12.8. The topological polar surface area (TPSA) is 40.0 Å². The van der Waals surface area contributed by atoms with Crippen molar-refractivity contribution in [3.8, 4) is 39.7 Å². The summed E-state index contributed by atoms with van der Waals surface area (Å²) in [6, 6.07) is 123. The van der Waals surface area contributed by atoms with Crippen molar-refractivity contribution in [2.75, 3.05) is 19.6 Å². The van der Waals surface area contributed by atoms with E-state index in [0.29, 0.717) is 0 Å². The Bertz CT molecular complexity index is 5120. The molecule has 0 saturated carbocycles. The predicted molar refractivity (Wildman–Crippen MR) is 397 cm³/mol. The summed E-state index contributed by atoms with van der Waals surface area (Å²) in [7, 11) is 0. The molecule has 0 amide bonds. The molecule has 0 radical (unpaired) electrons. The maximum Gasteiger partial charge on any atom is 0.256 e. The number of imidazole rings is 1. The first-order chi connectivity index (χ1) is 47.2. The van der Waals surface area contributed by atoms with Crippen LogP contribution >= 0.6 is 11.8 Å². The Morgan fingerprint density at radius 2 is 0.779 bits per heavy atom. The minimum Gasteiger partial charge on any atom is -0.458 e. The van der Waals surface area contributed by atoms with Crippen LogP contribution in [0.1, 0.15) is 0 Å². The van der Waals surface area contributed by atoms with Crippen molar-refractivity contribution in [1.29, 1.82) is 0 Å². The van der Waals surface area contributed by atoms with Gasteiger partial charge in [0.1, 0.15) is 17.3 Å². The molecule has 15 aromatic rings. The molecule has 7 nitrogen and oxygen atoms in total. The van der Waals surface area contributed by atoms with Crippen LogP contribution in [0.4, 0.5) is 68.2 Å².